The van der Waals surface area contributed by atoms with E-state index in [1.54, 1.807) is 0 Å². The van der Waals surface area contributed by atoms with Crippen molar-refractivity contribution in [2.45, 2.75) is 33.6 Å². The van der Waals surface area contributed by atoms with Crippen LogP contribution in [-0.2, 0) is 14.3 Å². The van der Waals surface area contributed by atoms with Gasteiger partial charge in [-0.1, -0.05) is 27.2 Å². The van der Waals surface area contributed by atoms with E-state index in [9.17, 15) is 9.59 Å². The summed E-state index contributed by atoms with van der Waals surface area (Å²) in [5.41, 5.74) is 0. The van der Waals surface area contributed by atoms with Gasteiger partial charge in [0.2, 0.25) is 5.91 Å². The van der Waals surface area contributed by atoms with Gasteiger partial charge in [-0.3, -0.25) is 4.79 Å². The zero-order chi connectivity index (χ0) is 12.4. The number of unbranched alkanes of at least 4 members (excludes halogenated alkanes) is 1. The number of amides is 1. The molecule has 0 aromatic carbocycles. The molecule has 1 amide bonds. The predicted octanol–water partition coefficient (Wildman–Crippen LogP) is 1.66. The number of esters is 1. The average molecular weight is 227 g/mol. The monoisotopic (exact) mass is 227 g/mol. The van der Waals surface area contributed by atoms with E-state index in [0.29, 0.717) is 19.1 Å². The summed E-state index contributed by atoms with van der Waals surface area (Å²) < 4.78 is 4.85. The molecule has 0 aliphatic heterocycles. The van der Waals surface area contributed by atoms with Gasteiger partial charge in [0.05, 0.1) is 6.61 Å². The Labute approximate surface area is 97.1 Å². The third-order valence-electron chi connectivity index (χ3n) is 1.80. The predicted molar refractivity (Wildman–Crippen MR) is 62.9 cm³/mol. The van der Waals surface area contributed by atoms with Gasteiger partial charge >= 0.3 is 5.97 Å². The molecule has 0 atom stereocenters. The van der Waals surface area contributed by atoms with Crippen molar-refractivity contribution in [1.82, 2.24) is 5.32 Å². The first-order chi connectivity index (χ1) is 7.56. The molecule has 0 saturated heterocycles. The first-order valence-corrected chi connectivity index (χ1v) is 5.69. The third-order valence-corrected chi connectivity index (χ3v) is 1.80. The third kappa shape index (κ3) is 9.24. The molecule has 0 aliphatic rings. The fraction of sp³-hybridized carbons (Fsp3) is 0.667. The average Bonchev–Trinajstić information content (AvgIpc) is 2.24. The van der Waals surface area contributed by atoms with E-state index in [-0.39, 0.29) is 5.91 Å². The Bertz CT molecular complexity index is 247. The second-order valence-electron chi connectivity index (χ2n) is 3.99. The smallest absolute Gasteiger partial charge is 0.330 e. The van der Waals surface area contributed by atoms with Crippen LogP contribution in [0.4, 0.5) is 0 Å². The number of nitrogens with one attached hydrogen (secondary N) is 1. The van der Waals surface area contributed by atoms with Crippen LogP contribution in [0.15, 0.2) is 12.2 Å². The van der Waals surface area contributed by atoms with Gasteiger partial charge in [0.15, 0.2) is 0 Å². The lowest BCUT2D eigenvalue weighted by molar-refractivity contribution is -0.138. The van der Waals surface area contributed by atoms with Crippen LogP contribution >= 0.6 is 0 Å². The van der Waals surface area contributed by atoms with Gasteiger partial charge in [-0.25, -0.2) is 4.79 Å². The van der Waals surface area contributed by atoms with Crippen LogP contribution in [-0.4, -0.2) is 25.0 Å². The molecule has 4 nitrogen and oxygen atoms in total. The summed E-state index contributed by atoms with van der Waals surface area (Å²) in [4.78, 5) is 22.2. The molecule has 0 aromatic heterocycles. The highest BCUT2D eigenvalue weighted by atomic mass is 16.5. The summed E-state index contributed by atoms with van der Waals surface area (Å²) in [6.45, 7) is 7.04. The Morgan fingerprint density at radius 2 is 2.00 bits per heavy atom. The van der Waals surface area contributed by atoms with E-state index >= 15 is 0 Å². The molecule has 1 N–H and O–H groups in total. The number of hydrogen-bond donors (Lipinski definition) is 1. The van der Waals surface area contributed by atoms with Crippen LogP contribution in [0.25, 0.3) is 0 Å². The number of rotatable bonds is 7. The molecule has 0 bridgehead atoms. The Morgan fingerprint density at radius 3 is 2.56 bits per heavy atom. The minimum Gasteiger partial charge on any atom is -0.463 e. The molecule has 0 saturated carbocycles. The van der Waals surface area contributed by atoms with E-state index in [1.807, 2.05) is 20.8 Å². The molecular weight excluding hydrogens is 206 g/mol. The zero-order valence-corrected chi connectivity index (χ0v) is 10.3. The standard InChI is InChI=1S/C12H21NO3/c1-4-5-8-16-12(15)7-6-11(14)13-9-10(2)3/h6-7,10H,4-5,8-9H2,1-3H3,(H,13,14)/b7-6-. The van der Waals surface area contributed by atoms with E-state index < -0.39 is 5.97 Å². The highest BCUT2D eigenvalue weighted by Gasteiger charge is 2.00. The highest BCUT2D eigenvalue weighted by molar-refractivity contribution is 5.94. The second-order valence-corrected chi connectivity index (χ2v) is 3.99. The zero-order valence-electron chi connectivity index (χ0n) is 10.3. The fourth-order valence-corrected chi connectivity index (χ4v) is 0.873. The largest absolute Gasteiger partial charge is 0.463 e. The normalized spacial score (nSPS) is 10.8. The van der Waals surface area contributed by atoms with Gasteiger partial charge in [0, 0.05) is 18.7 Å². The van der Waals surface area contributed by atoms with Crippen molar-refractivity contribution >= 4 is 11.9 Å². The fourth-order valence-electron chi connectivity index (χ4n) is 0.873. The van der Waals surface area contributed by atoms with Crippen molar-refractivity contribution in [2.75, 3.05) is 13.2 Å². The molecule has 0 aromatic rings. The maximum absolute atomic E-state index is 11.2. The van der Waals surface area contributed by atoms with Gasteiger partial charge in [0.25, 0.3) is 0 Å². The summed E-state index contributed by atoms with van der Waals surface area (Å²) in [5, 5.41) is 2.67. The second kappa shape index (κ2) is 8.95. The Kier molecular flexibility index (Phi) is 8.21. The van der Waals surface area contributed by atoms with Crippen molar-refractivity contribution in [2.24, 2.45) is 5.92 Å². The number of ether oxygens (including phenoxy) is 1. The molecular formula is C12H21NO3. The van der Waals surface area contributed by atoms with Crippen LogP contribution < -0.4 is 5.32 Å². The van der Waals surface area contributed by atoms with Crippen molar-refractivity contribution in [3.05, 3.63) is 12.2 Å². The SMILES string of the molecule is CCCCOC(=O)/C=C\C(=O)NCC(C)C. The van der Waals surface area contributed by atoms with Gasteiger partial charge < -0.3 is 10.1 Å². The lowest BCUT2D eigenvalue weighted by atomic mass is 10.2. The Hall–Kier alpha value is -1.32. The summed E-state index contributed by atoms with van der Waals surface area (Å²) in [5.74, 6) is -0.330. The van der Waals surface area contributed by atoms with Gasteiger partial charge in [0.1, 0.15) is 0 Å². The van der Waals surface area contributed by atoms with E-state index in [2.05, 4.69) is 5.32 Å². The van der Waals surface area contributed by atoms with E-state index in [0.717, 1.165) is 18.9 Å². The van der Waals surface area contributed by atoms with Crippen LogP contribution in [0, 0.1) is 5.92 Å². The summed E-state index contributed by atoms with van der Waals surface area (Å²) in [7, 11) is 0. The first kappa shape index (κ1) is 14.7. The van der Waals surface area contributed by atoms with Gasteiger partial charge in [-0.2, -0.15) is 0 Å². The quantitative estimate of drug-likeness (QED) is 0.409. The first-order valence-electron chi connectivity index (χ1n) is 5.69. The van der Waals surface area contributed by atoms with Crippen molar-refractivity contribution < 1.29 is 14.3 Å². The summed E-state index contributed by atoms with van der Waals surface area (Å²) >= 11 is 0. The molecule has 0 fully saturated rings. The Balaban J connectivity index is 3.71. The van der Waals surface area contributed by atoms with E-state index in [4.69, 9.17) is 4.74 Å². The molecule has 0 aliphatic carbocycles. The van der Waals surface area contributed by atoms with Crippen LogP contribution in [0.3, 0.4) is 0 Å². The topological polar surface area (TPSA) is 55.4 Å². The molecule has 0 unspecified atom stereocenters. The molecule has 0 heterocycles. The summed E-state index contributed by atoms with van der Waals surface area (Å²) in [6.07, 6.45) is 4.19. The molecule has 4 heteroatoms. The van der Waals surface area contributed by atoms with Gasteiger partial charge in [-0.05, 0) is 12.3 Å². The number of hydrogen-bond acceptors (Lipinski definition) is 3. The lowest BCUT2D eigenvalue weighted by Gasteiger charge is -2.04. The maximum atomic E-state index is 11.2. The maximum Gasteiger partial charge on any atom is 0.330 e. The highest BCUT2D eigenvalue weighted by Crippen LogP contribution is 1.90. The summed E-state index contributed by atoms with van der Waals surface area (Å²) in [6, 6.07) is 0. The molecule has 16 heavy (non-hydrogen) atoms. The van der Waals surface area contributed by atoms with Crippen molar-refractivity contribution in [3.63, 3.8) is 0 Å². The molecule has 92 valence electrons. The Morgan fingerprint density at radius 1 is 1.31 bits per heavy atom. The van der Waals surface area contributed by atoms with Crippen molar-refractivity contribution in [1.29, 1.82) is 0 Å². The number of carbonyl (C=O) groups excluding carboxylic acids is 2. The minimum atomic E-state index is -0.465. The molecule has 0 spiro atoms. The van der Waals surface area contributed by atoms with Crippen LogP contribution in [0.1, 0.15) is 33.6 Å². The van der Waals surface area contributed by atoms with Gasteiger partial charge in [-0.15, -0.1) is 0 Å². The number of carbonyl (C=O) groups is 2. The van der Waals surface area contributed by atoms with E-state index in [1.165, 1.54) is 6.08 Å². The van der Waals surface area contributed by atoms with Crippen molar-refractivity contribution in [3.8, 4) is 0 Å². The van der Waals surface area contributed by atoms with Crippen LogP contribution in [0.2, 0.25) is 0 Å². The minimum absolute atomic E-state index is 0.263. The molecule has 0 radical (unpaired) electrons. The lowest BCUT2D eigenvalue weighted by Crippen LogP contribution is -2.25. The van der Waals surface area contributed by atoms with Crippen LogP contribution in [0.5, 0.6) is 0 Å². The molecule has 0 rings (SSSR count).